The highest BCUT2D eigenvalue weighted by Crippen LogP contribution is 2.07. The molecule has 1 nitrogen and oxygen atoms in total. The highest BCUT2D eigenvalue weighted by atomic mass is 32.2. The Morgan fingerprint density at radius 2 is 2.00 bits per heavy atom. The fraction of sp³-hybridized carbons (Fsp3) is 1.00. The van der Waals surface area contributed by atoms with Gasteiger partial charge in [-0.25, -0.2) is 0 Å². The number of unbranched alkanes of at least 4 members (excludes halogenated alkanes) is 1. The summed E-state index contributed by atoms with van der Waals surface area (Å²) in [5.41, 5.74) is 0. The van der Waals surface area contributed by atoms with Crippen LogP contribution in [0.2, 0.25) is 0 Å². The third-order valence-corrected chi connectivity index (χ3v) is 2.71. The molecule has 0 aromatic rings. The van der Waals surface area contributed by atoms with E-state index in [1.165, 1.54) is 31.4 Å². The zero-order valence-electron chi connectivity index (χ0n) is 8.73. The lowest BCUT2D eigenvalue weighted by molar-refractivity contribution is 0.467. The van der Waals surface area contributed by atoms with Crippen LogP contribution in [0.4, 0.5) is 0 Å². The Labute approximate surface area is 81.7 Å². The van der Waals surface area contributed by atoms with Crippen LogP contribution in [0.25, 0.3) is 0 Å². The summed E-state index contributed by atoms with van der Waals surface area (Å²) in [6.45, 7) is 5.57. The van der Waals surface area contributed by atoms with Crippen molar-refractivity contribution in [3.05, 3.63) is 0 Å². The van der Waals surface area contributed by atoms with Gasteiger partial charge >= 0.3 is 0 Å². The molecule has 0 aromatic heterocycles. The highest BCUT2D eigenvalue weighted by Gasteiger charge is 2.04. The van der Waals surface area contributed by atoms with Gasteiger partial charge in [-0.15, -0.1) is 0 Å². The minimum Gasteiger partial charge on any atom is -0.314 e. The van der Waals surface area contributed by atoms with Crippen molar-refractivity contribution >= 4 is 11.8 Å². The van der Waals surface area contributed by atoms with Gasteiger partial charge in [-0.05, 0) is 31.4 Å². The van der Waals surface area contributed by atoms with E-state index in [1.807, 2.05) is 11.8 Å². The first-order chi connectivity index (χ1) is 5.85. The van der Waals surface area contributed by atoms with Gasteiger partial charge in [0, 0.05) is 6.04 Å². The summed E-state index contributed by atoms with van der Waals surface area (Å²) in [6, 6.07) is 0.766. The molecule has 0 saturated heterocycles. The minimum atomic E-state index is 0.766. The van der Waals surface area contributed by atoms with Crippen molar-refractivity contribution in [1.82, 2.24) is 5.32 Å². The topological polar surface area (TPSA) is 12.0 Å². The van der Waals surface area contributed by atoms with Gasteiger partial charge in [0.1, 0.15) is 0 Å². The Kier molecular flexibility index (Phi) is 9.64. The van der Waals surface area contributed by atoms with E-state index in [0.29, 0.717) is 0 Å². The van der Waals surface area contributed by atoms with Crippen molar-refractivity contribution in [2.75, 3.05) is 18.6 Å². The van der Waals surface area contributed by atoms with Crippen LogP contribution in [0.5, 0.6) is 0 Å². The number of thioether (sulfide) groups is 1. The number of rotatable bonds is 8. The molecule has 0 fully saturated rings. The van der Waals surface area contributed by atoms with E-state index in [4.69, 9.17) is 0 Å². The molecule has 0 aliphatic heterocycles. The van der Waals surface area contributed by atoms with Crippen LogP contribution in [0.3, 0.4) is 0 Å². The molecule has 0 radical (unpaired) electrons. The van der Waals surface area contributed by atoms with Gasteiger partial charge in [0.25, 0.3) is 0 Å². The average molecular weight is 189 g/mol. The lowest BCUT2D eigenvalue weighted by Gasteiger charge is -2.16. The number of hydrogen-bond acceptors (Lipinski definition) is 2. The van der Waals surface area contributed by atoms with Crippen molar-refractivity contribution in [3.63, 3.8) is 0 Å². The molecule has 1 N–H and O–H groups in total. The molecule has 0 bridgehead atoms. The Balaban J connectivity index is 3.40. The van der Waals surface area contributed by atoms with Gasteiger partial charge in [0.15, 0.2) is 0 Å². The molecule has 0 aromatic carbocycles. The largest absolute Gasteiger partial charge is 0.314 e. The lowest BCUT2D eigenvalue weighted by atomic mass is 10.1. The van der Waals surface area contributed by atoms with Crippen molar-refractivity contribution < 1.29 is 0 Å². The van der Waals surface area contributed by atoms with Crippen LogP contribution < -0.4 is 5.32 Å². The molecular weight excluding hydrogens is 166 g/mol. The molecule has 0 spiro atoms. The zero-order chi connectivity index (χ0) is 9.23. The van der Waals surface area contributed by atoms with Gasteiger partial charge in [-0.3, -0.25) is 0 Å². The SMILES string of the molecule is CCCCC(CCSC)NCC. The first-order valence-electron chi connectivity index (χ1n) is 5.07. The fourth-order valence-corrected chi connectivity index (χ4v) is 1.87. The third kappa shape index (κ3) is 6.99. The normalized spacial score (nSPS) is 13.2. The van der Waals surface area contributed by atoms with Crippen LogP contribution in [-0.2, 0) is 0 Å². The quantitative estimate of drug-likeness (QED) is 0.630. The summed E-state index contributed by atoms with van der Waals surface area (Å²) in [4.78, 5) is 0. The van der Waals surface area contributed by atoms with E-state index in [9.17, 15) is 0 Å². The van der Waals surface area contributed by atoms with Crippen molar-refractivity contribution in [2.24, 2.45) is 0 Å². The lowest BCUT2D eigenvalue weighted by Crippen LogP contribution is -2.29. The molecule has 0 aliphatic carbocycles. The number of nitrogens with one attached hydrogen (secondary N) is 1. The number of hydrogen-bond donors (Lipinski definition) is 1. The third-order valence-electron chi connectivity index (χ3n) is 2.07. The summed E-state index contributed by atoms with van der Waals surface area (Å²) < 4.78 is 0. The summed E-state index contributed by atoms with van der Waals surface area (Å²) in [7, 11) is 0. The molecule has 1 unspecified atom stereocenters. The molecule has 0 rings (SSSR count). The molecule has 0 heterocycles. The second kappa shape index (κ2) is 9.40. The molecular formula is C10H23NS. The first kappa shape index (κ1) is 12.3. The van der Waals surface area contributed by atoms with E-state index in [0.717, 1.165) is 12.6 Å². The van der Waals surface area contributed by atoms with E-state index >= 15 is 0 Å². The maximum absolute atomic E-state index is 3.54. The van der Waals surface area contributed by atoms with Crippen molar-refractivity contribution in [3.8, 4) is 0 Å². The summed E-state index contributed by atoms with van der Waals surface area (Å²) in [5.74, 6) is 1.29. The van der Waals surface area contributed by atoms with E-state index in [1.54, 1.807) is 0 Å². The van der Waals surface area contributed by atoms with Crippen LogP contribution in [0.1, 0.15) is 39.5 Å². The van der Waals surface area contributed by atoms with Crippen molar-refractivity contribution in [2.45, 2.75) is 45.6 Å². The Hall–Kier alpha value is 0.310. The zero-order valence-corrected chi connectivity index (χ0v) is 9.54. The van der Waals surface area contributed by atoms with Gasteiger partial charge in [0.2, 0.25) is 0 Å². The van der Waals surface area contributed by atoms with E-state index < -0.39 is 0 Å². The predicted octanol–water partition coefficient (Wildman–Crippen LogP) is 2.91. The molecule has 0 saturated carbocycles. The maximum Gasteiger partial charge on any atom is 0.00747 e. The van der Waals surface area contributed by atoms with Crippen LogP contribution in [0, 0.1) is 0 Å². The monoisotopic (exact) mass is 189 g/mol. The predicted molar refractivity (Wildman–Crippen MR) is 60.0 cm³/mol. The van der Waals surface area contributed by atoms with Crippen molar-refractivity contribution in [1.29, 1.82) is 0 Å². The first-order valence-corrected chi connectivity index (χ1v) is 6.46. The minimum absolute atomic E-state index is 0.766. The second-order valence-electron chi connectivity index (χ2n) is 3.18. The molecule has 1 atom stereocenters. The smallest absolute Gasteiger partial charge is 0.00747 e. The Bertz CT molecular complexity index is 77.9. The highest BCUT2D eigenvalue weighted by molar-refractivity contribution is 7.98. The molecule has 12 heavy (non-hydrogen) atoms. The second-order valence-corrected chi connectivity index (χ2v) is 4.16. The summed E-state index contributed by atoms with van der Waals surface area (Å²) >= 11 is 1.95. The maximum atomic E-state index is 3.54. The summed E-state index contributed by atoms with van der Waals surface area (Å²) in [5, 5.41) is 3.54. The van der Waals surface area contributed by atoms with Crippen LogP contribution in [-0.4, -0.2) is 24.6 Å². The molecule has 74 valence electrons. The molecule has 2 heteroatoms. The molecule has 0 amide bonds. The summed E-state index contributed by atoms with van der Waals surface area (Å²) in [6.07, 6.45) is 7.55. The van der Waals surface area contributed by atoms with E-state index in [2.05, 4.69) is 25.4 Å². The Morgan fingerprint density at radius 3 is 2.50 bits per heavy atom. The average Bonchev–Trinajstić information content (AvgIpc) is 2.10. The van der Waals surface area contributed by atoms with Gasteiger partial charge in [0.05, 0.1) is 0 Å². The molecule has 0 aliphatic rings. The Morgan fingerprint density at radius 1 is 1.25 bits per heavy atom. The fourth-order valence-electron chi connectivity index (χ4n) is 1.35. The van der Waals surface area contributed by atoms with Crippen LogP contribution in [0.15, 0.2) is 0 Å². The standard InChI is InChI=1S/C10H23NS/c1-4-6-7-10(11-5-2)8-9-12-3/h10-11H,4-9H2,1-3H3. The van der Waals surface area contributed by atoms with Gasteiger partial charge < -0.3 is 5.32 Å². The van der Waals surface area contributed by atoms with E-state index in [-0.39, 0.29) is 0 Å². The van der Waals surface area contributed by atoms with Crippen LogP contribution >= 0.6 is 11.8 Å². The van der Waals surface area contributed by atoms with Gasteiger partial charge in [-0.1, -0.05) is 26.7 Å². The van der Waals surface area contributed by atoms with Gasteiger partial charge in [-0.2, -0.15) is 11.8 Å².